The highest BCUT2D eigenvalue weighted by atomic mass is 32.3. The van der Waals surface area contributed by atoms with Gasteiger partial charge in [0.1, 0.15) is 17.1 Å². The van der Waals surface area contributed by atoms with E-state index in [0.717, 1.165) is 13.1 Å². The van der Waals surface area contributed by atoms with E-state index in [1.54, 1.807) is 54.6 Å². The Morgan fingerprint density at radius 2 is 1.87 bits per heavy atom. The van der Waals surface area contributed by atoms with Crippen molar-refractivity contribution in [1.29, 1.82) is 0 Å². The first kappa shape index (κ1) is 27.9. The van der Waals surface area contributed by atoms with Crippen molar-refractivity contribution in [3.8, 4) is 27.4 Å². The molecule has 0 unspecified atom stereocenters. The van der Waals surface area contributed by atoms with Crippen LogP contribution in [-0.2, 0) is 38.7 Å². The van der Waals surface area contributed by atoms with Crippen molar-refractivity contribution >= 4 is 33.8 Å². The second-order valence-electron chi connectivity index (χ2n) is 8.06. The third-order valence-electron chi connectivity index (χ3n) is 5.34. The number of hydrogen-bond donors (Lipinski definition) is 1. The van der Waals surface area contributed by atoms with E-state index in [1.165, 1.54) is 13.2 Å². The molecule has 2 aromatic carbocycles. The normalized spacial score (nSPS) is 12.0. The summed E-state index contributed by atoms with van der Waals surface area (Å²) < 4.78 is 76.4. The monoisotopic (exact) mass is 578 g/mol. The molecule has 4 rings (SSSR count). The summed E-state index contributed by atoms with van der Waals surface area (Å²) in [5.41, 5.74) is 2.51. The summed E-state index contributed by atoms with van der Waals surface area (Å²) in [5, 5.41) is 7.44. The van der Waals surface area contributed by atoms with Crippen LogP contribution in [-0.4, -0.2) is 37.6 Å². The van der Waals surface area contributed by atoms with Gasteiger partial charge in [0, 0.05) is 12.6 Å². The van der Waals surface area contributed by atoms with E-state index >= 15 is 0 Å². The lowest BCUT2D eigenvalue weighted by molar-refractivity contribution is -0.143. The molecular formula is C25H21F3N4O5S2. The molecule has 0 atom stereocenters. The van der Waals surface area contributed by atoms with Gasteiger partial charge in [0.05, 0.1) is 18.4 Å². The fraction of sp³-hybridized carbons (Fsp3) is 0.160. The molecule has 0 aliphatic rings. The van der Waals surface area contributed by atoms with Crippen LogP contribution in [0.2, 0.25) is 0 Å². The van der Waals surface area contributed by atoms with Crippen molar-refractivity contribution in [3.63, 3.8) is 0 Å². The van der Waals surface area contributed by atoms with Crippen LogP contribution in [0.25, 0.3) is 21.7 Å². The summed E-state index contributed by atoms with van der Waals surface area (Å²) in [6, 6.07) is 17.5. The number of carbonyl (C=O) groups is 1. The van der Waals surface area contributed by atoms with Crippen LogP contribution >= 0.6 is 11.3 Å². The van der Waals surface area contributed by atoms with E-state index in [4.69, 9.17) is 8.92 Å². The number of ether oxygens (including phenoxy) is 1. The number of hydrogen-bond acceptors (Lipinski definition) is 8. The Hall–Kier alpha value is -4.17. The zero-order chi connectivity index (χ0) is 28.2. The lowest BCUT2D eigenvalue weighted by Gasteiger charge is -2.05. The number of aromatic nitrogens is 2. The van der Waals surface area contributed by atoms with Crippen molar-refractivity contribution in [2.75, 3.05) is 7.11 Å². The summed E-state index contributed by atoms with van der Waals surface area (Å²) in [6.07, 6.45) is -4.11. The smallest absolute Gasteiger partial charge is 0.433 e. The fourth-order valence-corrected chi connectivity index (χ4v) is 5.94. The summed E-state index contributed by atoms with van der Waals surface area (Å²) in [4.78, 5) is 12.3. The summed E-state index contributed by atoms with van der Waals surface area (Å²) in [5.74, 6) is 0.0441. The fourth-order valence-electron chi connectivity index (χ4n) is 3.59. The van der Waals surface area contributed by atoms with Crippen LogP contribution in [0.5, 0.6) is 5.75 Å². The maximum absolute atomic E-state index is 13.3. The van der Waals surface area contributed by atoms with E-state index in [-0.39, 0.29) is 26.8 Å². The first-order valence-corrected chi connectivity index (χ1v) is 13.4. The Morgan fingerprint density at radius 3 is 2.54 bits per heavy atom. The minimum atomic E-state index is -4.63. The van der Waals surface area contributed by atoms with Crippen molar-refractivity contribution in [2.45, 2.75) is 16.8 Å². The molecule has 4 aromatic rings. The third kappa shape index (κ3) is 6.64. The van der Waals surface area contributed by atoms with Crippen LogP contribution in [0.3, 0.4) is 0 Å². The zero-order valence-corrected chi connectivity index (χ0v) is 22.1. The van der Waals surface area contributed by atoms with Gasteiger partial charge in [0.2, 0.25) is 12.3 Å². The summed E-state index contributed by atoms with van der Waals surface area (Å²) in [7, 11) is -1.83. The topological polar surface area (TPSA) is 112 Å². The number of alkyl halides is 3. The molecule has 1 N–H and O–H groups in total. The minimum Gasteiger partial charge on any atom is -0.497 e. The average Bonchev–Trinajstić information content (AvgIpc) is 3.52. The Balaban J connectivity index is 1.56. The molecular weight excluding hydrogens is 557 g/mol. The zero-order valence-electron chi connectivity index (χ0n) is 20.5. The SMILES string of the molecule is COc1cccc(CC(=O)N/N=C/OS(=O)(=O)c2sc(-c3cc(C(F)(F)F)n(C)n3)cc2-c2ccccc2)c1. The molecule has 204 valence electrons. The number of carbonyl (C=O) groups excluding carboxylic acids is 1. The number of thiophene rings is 1. The molecule has 14 heteroatoms. The molecule has 0 saturated heterocycles. The number of rotatable bonds is 9. The lowest BCUT2D eigenvalue weighted by Crippen LogP contribution is -2.20. The van der Waals surface area contributed by atoms with Gasteiger partial charge in [-0.25, -0.2) is 5.43 Å². The van der Waals surface area contributed by atoms with Crippen molar-refractivity contribution in [1.82, 2.24) is 15.2 Å². The van der Waals surface area contributed by atoms with Crippen LogP contribution in [0.15, 0.2) is 76.0 Å². The van der Waals surface area contributed by atoms with E-state index < -0.39 is 27.9 Å². The van der Waals surface area contributed by atoms with E-state index in [9.17, 15) is 26.4 Å². The third-order valence-corrected chi connectivity index (χ3v) is 8.17. The first-order valence-electron chi connectivity index (χ1n) is 11.2. The first-order chi connectivity index (χ1) is 18.5. The number of nitrogens with zero attached hydrogens (tertiary/aromatic N) is 3. The molecule has 0 radical (unpaired) electrons. The molecule has 0 bridgehead atoms. The Labute approximate surface area is 225 Å². The molecule has 39 heavy (non-hydrogen) atoms. The number of aryl methyl sites for hydroxylation is 1. The highest BCUT2D eigenvalue weighted by Gasteiger charge is 2.35. The van der Waals surface area contributed by atoms with Gasteiger partial charge in [-0.05, 0) is 35.4 Å². The molecule has 0 saturated carbocycles. The van der Waals surface area contributed by atoms with Crippen LogP contribution in [0.1, 0.15) is 11.3 Å². The number of halogens is 3. The molecule has 0 aliphatic carbocycles. The number of amides is 1. The molecule has 2 heterocycles. The maximum Gasteiger partial charge on any atom is 0.433 e. The Bertz CT molecular complexity index is 1610. The van der Waals surface area contributed by atoms with E-state index in [2.05, 4.69) is 15.6 Å². The molecule has 0 aliphatic heterocycles. The number of benzene rings is 2. The average molecular weight is 579 g/mol. The van der Waals surface area contributed by atoms with Crippen LogP contribution < -0.4 is 10.2 Å². The van der Waals surface area contributed by atoms with Crippen molar-refractivity contribution < 1.29 is 35.3 Å². The molecule has 2 aromatic heterocycles. The predicted molar refractivity (Wildman–Crippen MR) is 139 cm³/mol. The molecule has 9 nitrogen and oxygen atoms in total. The lowest BCUT2D eigenvalue weighted by atomic mass is 10.1. The van der Waals surface area contributed by atoms with Crippen LogP contribution in [0.4, 0.5) is 13.2 Å². The number of nitrogens with one attached hydrogen (secondary N) is 1. The van der Waals surface area contributed by atoms with Crippen LogP contribution in [0, 0.1) is 0 Å². The van der Waals surface area contributed by atoms with Gasteiger partial charge in [0.25, 0.3) is 0 Å². The standard InChI is InChI=1S/C25H21F3N4O5S2/c1-32-22(25(26,27)28)14-20(31-32)21-13-19(17-8-4-3-5-9-17)24(38-21)39(34,35)37-15-29-30-23(33)12-16-7-6-10-18(11-16)36-2/h3-11,13-15H,12H2,1-2H3,(H,30,33)/b29-15+. The van der Waals surface area contributed by atoms with Gasteiger partial charge in [0.15, 0.2) is 4.21 Å². The second-order valence-corrected chi connectivity index (χ2v) is 10.9. The van der Waals surface area contributed by atoms with Gasteiger partial charge in [-0.3, -0.25) is 9.48 Å². The van der Waals surface area contributed by atoms with Crippen molar-refractivity contribution in [2.24, 2.45) is 12.1 Å². The maximum atomic E-state index is 13.3. The minimum absolute atomic E-state index is 0.0439. The summed E-state index contributed by atoms with van der Waals surface area (Å²) >= 11 is 0.700. The highest BCUT2D eigenvalue weighted by molar-refractivity contribution is 7.89. The molecule has 1 amide bonds. The quantitative estimate of drug-likeness (QED) is 0.132. The molecule has 0 spiro atoms. The number of hydrazone groups is 1. The largest absolute Gasteiger partial charge is 0.497 e. The van der Waals surface area contributed by atoms with Crippen molar-refractivity contribution in [3.05, 3.63) is 78.0 Å². The van der Waals surface area contributed by atoms with Gasteiger partial charge in [-0.2, -0.15) is 26.7 Å². The highest BCUT2D eigenvalue weighted by Crippen LogP contribution is 2.41. The molecule has 0 fully saturated rings. The van der Waals surface area contributed by atoms with E-state index in [1.807, 2.05) is 0 Å². The van der Waals surface area contributed by atoms with Gasteiger partial charge in [-0.1, -0.05) is 42.5 Å². The second kappa shape index (κ2) is 11.3. The Kier molecular flexibility index (Phi) is 8.06. The van der Waals surface area contributed by atoms with Gasteiger partial charge >= 0.3 is 16.3 Å². The Morgan fingerprint density at radius 1 is 1.13 bits per heavy atom. The predicted octanol–water partition coefficient (Wildman–Crippen LogP) is 4.85. The van der Waals surface area contributed by atoms with E-state index in [0.29, 0.717) is 39.3 Å². The number of methoxy groups -OCH3 is 1. The van der Waals surface area contributed by atoms with Gasteiger partial charge in [-0.15, -0.1) is 16.4 Å². The summed E-state index contributed by atoms with van der Waals surface area (Å²) in [6.45, 7) is 0. The van der Waals surface area contributed by atoms with Gasteiger partial charge < -0.3 is 8.92 Å².